The van der Waals surface area contributed by atoms with Crippen LogP contribution in [0.5, 0.6) is 5.75 Å². The van der Waals surface area contributed by atoms with Gasteiger partial charge in [-0.15, -0.1) is 0 Å². The van der Waals surface area contributed by atoms with Crippen LogP contribution in [0.25, 0.3) is 0 Å². The third-order valence-electron chi connectivity index (χ3n) is 6.47. The standard InChI is InChI=1S/C24H28N2O6/c27-21-7-5-16(24(31)25-21)14-15-4-6-18-19(23(15)30)2-1-3-20(18)32-17-8-11-26(12-9-17)13-10-22(28)29/h1-3,14,16-17H,4-13H2,(H,28,29)(H,25,27,31). The van der Waals surface area contributed by atoms with E-state index in [1.54, 1.807) is 12.1 Å². The van der Waals surface area contributed by atoms with E-state index in [9.17, 15) is 19.2 Å². The molecule has 1 aromatic rings. The molecule has 2 amide bonds. The highest BCUT2D eigenvalue weighted by atomic mass is 16.5. The van der Waals surface area contributed by atoms with Crippen molar-refractivity contribution in [2.45, 2.75) is 51.0 Å². The summed E-state index contributed by atoms with van der Waals surface area (Å²) in [4.78, 5) is 49.4. The molecule has 3 aliphatic rings. The molecule has 2 N–H and O–H groups in total. The number of nitrogens with zero attached hydrogens (tertiary/aromatic N) is 1. The number of Topliss-reactive ketones (excluding diaryl/α,β-unsaturated/α-hetero) is 1. The van der Waals surface area contributed by atoms with Gasteiger partial charge in [-0.2, -0.15) is 0 Å². The molecule has 8 nitrogen and oxygen atoms in total. The number of imide groups is 1. The van der Waals surface area contributed by atoms with Gasteiger partial charge in [-0.25, -0.2) is 0 Å². The molecule has 4 rings (SSSR count). The van der Waals surface area contributed by atoms with Crippen LogP contribution in [0.3, 0.4) is 0 Å². The van der Waals surface area contributed by atoms with Crippen molar-refractivity contribution in [1.82, 2.24) is 10.2 Å². The van der Waals surface area contributed by atoms with Crippen LogP contribution in [0.2, 0.25) is 0 Å². The first-order valence-electron chi connectivity index (χ1n) is 11.2. The van der Waals surface area contributed by atoms with Crippen molar-refractivity contribution in [1.29, 1.82) is 0 Å². The summed E-state index contributed by atoms with van der Waals surface area (Å²) in [6.07, 6.45) is 5.47. The summed E-state index contributed by atoms with van der Waals surface area (Å²) < 4.78 is 6.27. The molecule has 0 bridgehead atoms. The van der Waals surface area contributed by atoms with Gasteiger partial charge in [0.1, 0.15) is 11.9 Å². The summed E-state index contributed by atoms with van der Waals surface area (Å²) in [5.41, 5.74) is 2.15. The molecule has 1 atom stereocenters. The number of ether oxygens (including phenoxy) is 1. The number of benzene rings is 1. The number of carbonyl (C=O) groups excluding carboxylic acids is 3. The maximum absolute atomic E-state index is 13.1. The average molecular weight is 440 g/mol. The first kappa shape index (κ1) is 22.2. The molecule has 170 valence electrons. The monoisotopic (exact) mass is 440 g/mol. The van der Waals surface area contributed by atoms with Crippen LogP contribution < -0.4 is 10.1 Å². The first-order valence-corrected chi connectivity index (χ1v) is 11.2. The number of hydrogen-bond acceptors (Lipinski definition) is 6. The zero-order chi connectivity index (χ0) is 22.7. The molecule has 32 heavy (non-hydrogen) atoms. The van der Waals surface area contributed by atoms with Gasteiger partial charge in [0.05, 0.1) is 12.3 Å². The Bertz CT molecular complexity index is 961. The number of ketones is 1. The van der Waals surface area contributed by atoms with E-state index >= 15 is 0 Å². The molecule has 2 aliphatic heterocycles. The fourth-order valence-corrected chi connectivity index (χ4v) is 4.65. The number of carboxylic acids is 1. The Balaban J connectivity index is 1.41. The second-order valence-corrected chi connectivity index (χ2v) is 8.66. The Hall–Kier alpha value is -3.00. The first-order chi connectivity index (χ1) is 15.4. The molecule has 0 spiro atoms. The zero-order valence-electron chi connectivity index (χ0n) is 18.0. The predicted molar refractivity (Wildman–Crippen MR) is 115 cm³/mol. The second kappa shape index (κ2) is 9.65. The molecule has 8 heteroatoms. The van der Waals surface area contributed by atoms with E-state index in [1.165, 1.54) is 0 Å². The number of aliphatic carboxylic acids is 1. The van der Waals surface area contributed by atoms with E-state index in [4.69, 9.17) is 9.84 Å². The molecule has 1 aromatic carbocycles. The lowest BCUT2D eigenvalue weighted by molar-refractivity contribution is -0.138. The number of rotatable bonds is 6. The number of amides is 2. The second-order valence-electron chi connectivity index (χ2n) is 8.66. The Morgan fingerprint density at radius 2 is 1.91 bits per heavy atom. The average Bonchev–Trinajstić information content (AvgIpc) is 2.77. The van der Waals surface area contributed by atoms with Crippen LogP contribution in [0.4, 0.5) is 0 Å². The van der Waals surface area contributed by atoms with Crippen LogP contribution >= 0.6 is 0 Å². The number of carbonyl (C=O) groups is 4. The van der Waals surface area contributed by atoms with Crippen molar-refractivity contribution < 1.29 is 29.0 Å². The largest absolute Gasteiger partial charge is 0.490 e. The summed E-state index contributed by atoms with van der Waals surface area (Å²) in [5.74, 6) is -1.17. The molecule has 0 saturated carbocycles. The summed E-state index contributed by atoms with van der Waals surface area (Å²) >= 11 is 0. The van der Waals surface area contributed by atoms with E-state index in [0.717, 1.165) is 37.2 Å². The molecule has 2 saturated heterocycles. The number of fused-ring (bicyclic) bond motifs is 1. The highest BCUT2D eigenvalue weighted by molar-refractivity contribution is 6.11. The molecule has 1 aliphatic carbocycles. The van der Waals surface area contributed by atoms with Crippen LogP contribution in [0.15, 0.2) is 29.8 Å². The minimum Gasteiger partial charge on any atom is -0.490 e. The number of carboxylic acid groups (broad SMARTS) is 1. The predicted octanol–water partition coefficient (Wildman–Crippen LogP) is 2.11. The van der Waals surface area contributed by atoms with E-state index in [1.807, 2.05) is 12.1 Å². The maximum atomic E-state index is 13.1. The number of nitrogens with one attached hydrogen (secondary N) is 1. The van der Waals surface area contributed by atoms with Crippen LogP contribution in [-0.2, 0) is 20.8 Å². The number of piperidine rings is 2. The van der Waals surface area contributed by atoms with Gasteiger partial charge >= 0.3 is 5.97 Å². The fourth-order valence-electron chi connectivity index (χ4n) is 4.65. The zero-order valence-corrected chi connectivity index (χ0v) is 18.0. The lowest BCUT2D eigenvalue weighted by Gasteiger charge is -2.32. The highest BCUT2D eigenvalue weighted by Gasteiger charge is 2.30. The van der Waals surface area contributed by atoms with Gasteiger partial charge in [0, 0.05) is 37.2 Å². The van der Waals surface area contributed by atoms with Crippen molar-refractivity contribution in [2.24, 2.45) is 5.92 Å². The smallest absolute Gasteiger partial charge is 0.304 e. The lowest BCUT2D eigenvalue weighted by Crippen LogP contribution is -2.40. The summed E-state index contributed by atoms with van der Waals surface area (Å²) in [5, 5.41) is 11.2. The summed E-state index contributed by atoms with van der Waals surface area (Å²) in [6, 6.07) is 5.53. The lowest BCUT2D eigenvalue weighted by atomic mass is 9.83. The van der Waals surface area contributed by atoms with Gasteiger partial charge in [-0.3, -0.25) is 24.5 Å². The fraction of sp³-hybridized carbons (Fsp3) is 0.500. The minimum atomic E-state index is -0.782. The van der Waals surface area contributed by atoms with Crippen molar-refractivity contribution in [3.63, 3.8) is 0 Å². The number of likely N-dealkylation sites (tertiary alicyclic amines) is 1. The molecule has 0 aromatic heterocycles. The molecule has 1 unspecified atom stereocenters. The van der Waals surface area contributed by atoms with E-state index in [-0.39, 0.29) is 36.5 Å². The molecule has 2 fully saturated rings. The van der Waals surface area contributed by atoms with Crippen LogP contribution in [0, 0.1) is 5.92 Å². The molecular weight excluding hydrogens is 412 g/mol. The topological polar surface area (TPSA) is 113 Å². The molecule has 2 heterocycles. The number of allylic oxidation sites excluding steroid dienone is 1. The van der Waals surface area contributed by atoms with Crippen LogP contribution in [0.1, 0.15) is 54.4 Å². The maximum Gasteiger partial charge on any atom is 0.304 e. The van der Waals surface area contributed by atoms with Crippen molar-refractivity contribution in [3.8, 4) is 5.75 Å². The van der Waals surface area contributed by atoms with Gasteiger partial charge in [0.25, 0.3) is 0 Å². The van der Waals surface area contributed by atoms with E-state index in [0.29, 0.717) is 36.9 Å². The Labute approximate surface area is 186 Å². The van der Waals surface area contributed by atoms with Crippen molar-refractivity contribution in [2.75, 3.05) is 19.6 Å². The Morgan fingerprint density at radius 3 is 2.62 bits per heavy atom. The van der Waals surface area contributed by atoms with Crippen LogP contribution in [-0.4, -0.2) is 59.3 Å². The van der Waals surface area contributed by atoms with Gasteiger partial charge < -0.3 is 14.7 Å². The SMILES string of the molecule is O=C(O)CCN1CCC(Oc2cccc3c2CCC(=CC2CCC(=O)NC2=O)C3=O)CC1. The van der Waals surface area contributed by atoms with E-state index < -0.39 is 11.9 Å². The van der Waals surface area contributed by atoms with Gasteiger partial charge in [0.2, 0.25) is 11.8 Å². The van der Waals surface area contributed by atoms with Gasteiger partial charge in [-0.05, 0) is 43.7 Å². The highest BCUT2D eigenvalue weighted by Crippen LogP contribution is 2.34. The minimum absolute atomic E-state index is 0.0399. The van der Waals surface area contributed by atoms with Crippen molar-refractivity contribution in [3.05, 3.63) is 41.0 Å². The Kier molecular flexibility index (Phi) is 6.69. The normalized spacial score (nSPS) is 23.7. The third-order valence-corrected chi connectivity index (χ3v) is 6.47. The summed E-state index contributed by atoms with van der Waals surface area (Å²) in [6.45, 7) is 2.15. The summed E-state index contributed by atoms with van der Waals surface area (Å²) in [7, 11) is 0. The number of hydrogen-bond donors (Lipinski definition) is 2. The molecule has 0 radical (unpaired) electrons. The Morgan fingerprint density at radius 1 is 1.12 bits per heavy atom. The van der Waals surface area contributed by atoms with Crippen molar-refractivity contribution >= 4 is 23.6 Å². The molecular formula is C24H28N2O6. The third kappa shape index (κ3) is 5.07. The van der Waals surface area contributed by atoms with Gasteiger partial charge in [-0.1, -0.05) is 18.2 Å². The van der Waals surface area contributed by atoms with Gasteiger partial charge in [0.15, 0.2) is 5.78 Å². The quantitative estimate of drug-likeness (QED) is 0.515. The van der Waals surface area contributed by atoms with E-state index in [2.05, 4.69) is 10.2 Å².